The summed E-state index contributed by atoms with van der Waals surface area (Å²) in [5.74, 6) is 0. The molecule has 0 fully saturated rings. The number of halogens is 1. The second-order valence-electron chi connectivity index (χ2n) is 3.71. The average molecular weight is 260 g/mol. The van der Waals surface area contributed by atoms with Gasteiger partial charge < -0.3 is 4.79 Å². The van der Waals surface area contributed by atoms with Gasteiger partial charge >= 0.3 is 0 Å². The standard InChI is InChI=1S/C10H10ClNO3S/c1-16(14,15)9-3-2-6-7(10(9)11)4-12-8(6)5-13/h2-3,5,8,12H,4H2,1H3. The first-order valence-corrected chi connectivity index (χ1v) is 6.92. The third-order valence-electron chi connectivity index (χ3n) is 2.61. The molecule has 0 saturated heterocycles. The quantitative estimate of drug-likeness (QED) is 0.808. The summed E-state index contributed by atoms with van der Waals surface area (Å²) < 4.78 is 22.9. The van der Waals surface area contributed by atoms with E-state index >= 15 is 0 Å². The number of hydrogen-bond donors (Lipinski definition) is 1. The maximum absolute atomic E-state index is 11.4. The van der Waals surface area contributed by atoms with Gasteiger partial charge in [-0.25, -0.2) is 8.42 Å². The number of rotatable bonds is 2. The minimum absolute atomic E-state index is 0.112. The predicted molar refractivity (Wildman–Crippen MR) is 60.2 cm³/mol. The summed E-state index contributed by atoms with van der Waals surface area (Å²) in [4.78, 5) is 10.9. The summed E-state index contributed by atoms with van der Waals surface area (Å²) in [5.41, 5.74) is 1.45. The van der Waals surface area contributed by atoms with Gasteiger partial charge in [-0.3, -0.25) is 5.32 Å². The Balaban J connectivity index is 2.64. The van der Waals surface area contributed by atoms with Gasteiger partial charge in [0.05, 0.1) is 16.0 Å². The molecule has 16 heavy (non-hydrogen) atoms. The van der Waals surface area contributed by atoms with Crippen LogP contribution in [0.3, 0.4) is 0 Å². The molecule has 0 saturated carbocycles. The summed E-state index contributed by atoms with van der Waals surface area (Å²) in [5, 5.41) is 3.16. The van der Waals surface area contributed by atoms with Gasteiger partial charge in [0.25, 0.3) is 0 Å². The zero-order chi connectivity index (χ0) is 11.9. The van der Waals surface area contributed by atoms with Crippen molar-refractivity contribution in [1.29, 1.82) is 0 Å². The first-order valence-electron chi connectivity index (χ1n) is 4.65. The van der Waals surface area contributed by atoms with Gasteiger partial charge in [0.15, 0.2) is 9.84 Å². The van der Waals surface area contributed by atoms with Crippen LogP contribution in [-0.4, -0.2) is 21.0 Å². The summed E-state index contributed by atoms with van der Waals surface area (Å²) >= 11 is 6.03. The summed E-state index contributed by atoms with van der Waals surface area (Å²) in [6.07, 6.45) is 1.89. The van der Waals surface area contributed by atoms with Crippen LogP contribution in [-0.2, 0) is 21.2 Å². The predicted octanol–water partition coefficient (Wildman–Crippen LogP) is 1.09. The maximum atomic E-state index is 11.4. The Hall–Kier alpha value is -0.910. The second kappa shape index (κ2) is 3.84. The molecule has 1 heterocycles. The number of sulfone groups is 1. The molecule has 1 aromatic carbocycles. The largest absolute Gasteiger partial charge is 0.301 e. The smallest absolute Gasteiger partial charge is 0.177 e. The van der Waals surface area contributed by atoms with Crippen LogP contribution in [0.4, 0.5) is 0 Å². The van der Waals surface area contributed by atoms with E-state index in [0.29, 0.717) is 12.1 Å². The fourth-order valence-corrected chi connectivity index (χ4v) is 3.24. The van der Waals surface area contributed by atoms with E-state index in [4.69, 9.17) is 11.6 Å². The van der Waals surface area contributed by atoms with Crippen molar-refractivity contribution < 1.29 is 13.2 Å². The normalized spacial score (nSPS) is 19.5. The monoisotopic (exact) mass is 259 g/mol. The lowest BCUT2D eigenvalue weighted by molar-refractivity contribution is -0.109. The topological polar surface area (TPSA) is 63.2 Å². The van der Waals surface area contributed by atoms with Gasteiger partial charge in [-0.05, 0) is 17.2 Å². The number of benzene rings is 1. The number of hydrogen-bond acceptors (Lipinski definition) is 4. The zero-order valence-electron chi connectivity index (χ0n) is 8.53. The molecule has 0 amide bonds. The van der Waals surface area contributed by atoms with Gasteiger partial charge in [0, 0.05) is 12.8 Å². The highest BCUT2D eigenvalue weighted by atomic mass is 35.5. The molecule has 0 radical (unpaired) electrons. The molecule has 86 valence electrons. The lowest BCUT2D eigenvalue weighted by Crippen LogP contribution is -2.12. The van der Waals surface area contributed by atoms with Crippen LogP contribution in [0.5, 0.6) is 0 Å². The highest BCUT2D eigenvalue weighted by molar-refractivity contribution is 7.90. The van der Waals surface area contributed by atoms with Gasteiger partial charge in [0.1, 0.15) is 6.29 Å². The third-order valence-corrected chi connectivity index (χ3v) is 4.30. The molecule has 0 bridgehead atoms. The molecular weight excluding hydrogens is 250 g/mol. The Morgan fingerprint density at radius 3 is 2.75 bits per heavy atom. The maximum Gasteiger partial charge on any atom is 0.177 e. The van der Waals surface area contributed by atoms with Crippen LogP contribution >= 0.6 is 11.6 Å². The van der Waals surface area contributed by atoms with Gasteiger partial charge in [-0.2, -0.15) is 0 Å². The number of aldehydes is 1. The highest BCUT2D eigenvalue weighted by Gasteiger charge is 2.26. The molecule has 0 aromatic heterocycles. The van der Waals surface area contributed by atoms with Crippen molar-refractivity contribution in [3.05, 3.63) is 28.3 Å². The molecule has 1 aromatic rings. The van der Waals surface area contributed by atoms with E-state index in [9.17, 15) is 13.2 Å². The average Bonchev–Trinajstić information content (AvgIpc) is 2.60. The van der Waals surface area contributed by atoms with Crippen molar-refractivity contribution in [3.8, 4) is 0 Å². The zero-order valence-corrected chi connectivity index (χ0v) is 10.1. The molecule has 1 unspecified atom stereocenters. The Morgan fingerprint density at radius 1 is 1.50 bits per heavy atom. The summed E-state index contributed by atoms with van der Waals surface area (Å²) in [6, 6.07) is 2.69. The molecule has 1 N–H and O–H groups in total. The molecule has 1 aliphatic rings. The first-order chi connectivity index (χ1) is 7.45. The van der Waals surface area contributed by atoms with Crippen molar-refractivity contribution in [2.45, 2.75) is 17.5 Å². The van der Waals surface area contributed by atoms with E-state index in [0.717, 1.165) is 18.1 Å². The lowest BCUT2D eigenvalue weighted by atomic mass is 10.1. The number of fused-ring (bicyclic) bond motifs is 1. The Kier molecular flexibility index (Phi) is 2.77. The Morgan fingerprint density at radius 2 is 2.19 bits per heavy atom. The summed E-state index contributed by atoms with van der Waals surface area (Å²) in [7, 11) is -3.33. The minimum atomic E-state index is -3.33. The second-order valence-corrected chi connectivity index (χ2v) is 6.07. The summed E-state index contributed by atoms with van der Waals surface area (Å²) in [6.45, 7) is 0.418. The van der Waals surface area contributed by atoms with Crippen molar-refractivity contribution in [2.75, 3.05) is 6.26 Å². The highest BCUT2D eigenvalue weighted by Crippen LogP contribution is 2.34. The molecule has 6 heteroatoms. The molecular formula is C10H10ClNO3S. The van der Waals surface area contributed by atoms with Crippen molar-refractivity contribution >= 4 is 27.7 Å². The van der Waals surface area contributed by atoms with Crippen molar-refractivity contribution in [1.82, 2.24) is 5.32 Å². The number of carbonyl (C=O) groups excluding carboxylic acids is 1. The minimum Gasteiger partial charge on any atom is -0.301 e. The van der Waals surface area contributed by atoms with E-state index in [1.807, 2.05) is 0 Å². The molecule has 1 atom stereocenters. The number of carbonyl (C=O) groups is 1. The molecule has 2 rings (SSSR count). The van der Waals surface area contributed by atoms with Crippen LogP contribution in [0.1, 0.15) is 17.2 Å². The fraction of sp³-hybridized carbons (Fsp3) is 0.300. The SMILES string of the molecule is CS(=O)(=O)c1ccc2c(c1Cl)CNC2C=O. The van der Waals surface area contributed by atoms with E-state index < -0.39 is 9.84 Å². The third kappa shape index (κ3) is 1.75. The lowest BCUT2D eigenvalue weighted by Gasteiger charge is -2.07. The van der Waals surface area contributed by atoms with E-state index in [1.54, 1.807) is 6.07 Å². The number of nitrogens with one attached hydrogen (secondary N) is 1. The van der Waals surface area contributed by atoms with Crippen LogP contribution in [0.25, 0.3) is 0 Å². The van der Waals surface area contributed by atoms with Crippen LogP contribution in [0, 0.1) is 0 Å². The Labute approximate surface area is 98.5 Å². The van der Waals surface area contributed by atoms with Crippen molar-refractivity contribution in [3.63, 3.8) is 0 Å². The van der Waals surface area contributed by atoms with Crippen LogP contribution in [0.15, 0.2) is 17.0 Å². The fourth-order valence-electron chi connectivity index (χ4n) is 1.82. The molecule has 0 aliphatic carbocycles. The first kappa shape index (κ1) is 11.6. The van der Waals surface area contributed by atoms with Crippen LogP contribution in [0.2, 0.25) is 5.02 Å². The molecule has 4 nitrogen and oxygen atoms in total. The Bertz CT molecular complexity index is 553. The van der Waals surface area contributed by atoms with Gasteiger partial charge in [-0.1, -0.05) is 17.7 Å². The van der Waals surface area contributed by atoms with E-state index in [-0.39, 0.29) is 16.0 Å². The van der Waals surface area contributed by atoms with Crippen molar-refractivity contribution in [2.24, 2.45) is 0 Å². The van der Waals surface area contributed by atoms with E-state index in [1.165, 1.54) is 6.07 Å². The van der Waals surface area contributed by atoms with E-state index in [2.05, 4.69) is 5.32 Å². The van der Waals surface area contributed by atoms with Gasteiger partial charge in [0.2, 0.25) is 0 Å². The molecule has 1 aliphatic heterocycles. The molecule has 0 spiro atoms. The van der Waals surface area contributed by atoms with Crippen LogP contribution < -0.4 is 5.32 Å². The van der Waals surface area contributed by atoms with Gasteiger partial charge in [-0.15, -0.1) is 0 Å².